The molecule has 0 bridgehead atoms. The molecule has 0 aliphatic heterocycles. The van der Waals surface area contributed by atoms with Crippen LogP contribution in [0.3, 0.4) is 0 Å². The molecule has 3 heteroatoms. The second-order valence-corrected chi connectivity index (χ2v) is 4.42. The third-order valence-electron chi connectivity index (χ3n) is 2.05. The summed E-state index contributed by atoms with van der Waals surface area (Å²) in [5.41, 5.74) is 0.919. The van der Waals surface area contributed by atoms with E-state index in [0.29, 0.717) is 6.61 Å². The molecule has 0 saturated heterocycles. The fraction of sp³-hybridized carbons (Fsp3) is 0.333. The average molecular weight is 271 g/mol. The van der Waals surface area contributed by atoms with Crippen LogP contribution >= 0.6 is 15.9 Å². The van der Waals surface area contributed by atoms with Gasteiger partial charge in [-0.05, 0) is 24.1 Å². The van der Waals surface area contributed by atoms with E-state index >= 15 is 0 Å². The van der Waals surface area contributed by atoms with Gasteiger partial charge < -0.3 is 9.84 Å². The first kappa shape index (κ1) is 12.3. The predicted molar refractivity (Wildman–Crippen MR) is 65.3 cm³/mol. The summed E-state index contributed by atoms with van der Waals surface area (Å²) in [6, 6.07) is 7.45. The lowest BCUT2D eigenvalue weighted by Crippen LogP contribution is -1.98. The molecule has 0 aliphatic rings. The number of aliphatic hydroxyl groups excluding tert-OH is 1. The van der Waals surface area contributed by atoms with Crippen LogP contribution in [0.4, 0.5) is 0 Å². The second-order valence-electron chi connectivity index (χ2n) is 3.30. The van der Waals surface area contributed by atoms with Gasteiger partial charge in [0.05, 0.1) is 6.10 Å². The summed E-state index contributed by atoms with van der Waals surface area (Å²) in [6.07, 6.45) is 0.337. The normalized spacial score (nSPS) is 12.2. The van der Waals surface area contributed by atoms with Crippen LogP contribution in [0, 0.1) is 0 Å². The van der Waals surface area contributed by atoms with Crippen molar-refractivity contribution >= 4 is 15.9 Å². The van der Waals surface area contributed by atoms with Crippen LogP contribution in [-0.4, -0.2) is 11.7 Å². The van der Waals surface area contributed by atoms with Crippen LogP contribution in [-0.2, 0) is 0 Å². The highest BCUT2D eigenvalue weighted by molar-refractivity contribution is 9.11. The Labute approximate surface area is 98.7 Å². The molecule has 15 heavy (non-hydrogen) atoms. The van der Waals surface area contributed by atoms with Gasteiger partial charge in [-0.25, -0.2) is 0 Å². The number of ether oxygens (including phenoxy) is 1. The molecule has 1 unspecified atom stereocenters. The predicted octanol–water partition coefficient (Wildman–Crippen LogP) is 3.42. The average Bonchev–Trinajstić information content (AvgIpc) is 2.26. The molecule has 0 heterocycles. The van der Waals surface area contributed by atoms with Gasteiger partial charge in [0.2, 0.25) is 0 Å². The molecule has 0 fully saturated rings. The molecule has 2 nitrogen and oxygen atoms in total. The number of halogens is 1. The fourth-order valence-electron chi connectivity index (χ4n) is 1.18. The molecule has 82 valence electrons. The fourth-order valence-corrected chi connectivity index (χ4v) is 1.30. The van der Waals surface area contributed by atoms with Crippen LogP contribution in [0.5, 0.6) is 5.75 Å². The van der Waals surface area contributed by atoms with Crippen molar-refractivity contribution in [2.24, 2.45) is 0 Å². The van der Waals surface area contributed by atoms with Crippen LogP contribution in [0.1, 0.15) is 25.0 Å². The first-order chi connectivity index (χ1) is 7.13. The van der Waals surface area contributed by atoms with E-state index in [1.807, 2.05) is 31.2 Å². The molecule has 0 spiro atoms. The van der Waals surface area contributed by atoms with Crippen molar-refractivity contribution in [1.29, 1.82) is 0 Å². The van der Waals surface area contributed by atoms with E-state index in [1.165, 1.54) is 0 Å². The summed E-state index contributed by atoms with van der Waals surface area (Å²) >= 11 is 3.22. The third-order valence-corrected chi connectivity index (χ3v) is 2.28. The topological polar surface area (TPSA) is 29.5 Å². The van der Waals surface area contributed by atoms with Crippen molar-refractivity contribution < 1.29 is 9.84 Å². The standard InChI is InChI=1S/C12H15BrO2/c1-3-12(14)10-4-6-11(7-5-10)15-8-9(2)13/h4-7,12,14H,2-3,8H2,1H3. The van der Waals surface area contributed by atoms with Gasteiger partial charge in [0.15, 0.2) is 0 Å². The Hall–Kier alpha value is -0.800. The van der Waals surface area contributed by atoms with E-state index < -0.39 is 0 Å². The lowest BCUT2D eigenvalue weighted by atomic mass is 10.1. The van der Waals surface area contributed by atoms with Gasteiger partial charge in [-0.15, -0.1) is 0 Å². The monoisotopic (exact) mass is 270 g/mol. The van der Waals surface area contributed by atoms with Crippen molar-refractivity contribution in [1.82, 2.24) is 0 Å². The Bertz CT molecular complexity index is 319. The Morgan fingerprint density at radius 2 is 2.07 bits per heavy atom. The van der Waals surface area contributed by atoms with E-state index in [0.717, 1.165) is 22.2 Å². The van der Waals surface area contributed by atoms with Gasteiger partial charge in [0, 0.05) is 4.48 Å². The highest BCUT2D eigenvalue weighted by atomic mass is 79.9. The summed E-state index contributed by atoms with van der Waals surface area (Å²) in [7, 11) is 0. The Morgan fingerprint density at radius 3 is 2.53 bits per heavy atom. The van der Waals surface area contributed by atoms with Gasteiger partial charge >= 0.3 is 0 Å². The van der Waals surface area contributed by atoms with Gasteiger partial charge in [-0.3, -0.25) is 0 Å². The quantitative estimate of drug-likeness (QED) is 0.889. The van der Waals surface area contributed by atoms with Crippen molar-refractivity contribution in [3.05, 3.63) is 40.9 Å². The first-order valence-corrected chi connectivity index (χ1v) is 5.67. The summed E-state index contributed by atoms with van der Waals surface area (Å²) in [5, 5.41) is 9.58. The second kappa shape index (κ2) is 5.93. The van der Waals surface area contributed by atoms with E-state index in [-0.39, 0.29) is 6.10 Å². The molecular weight excluding hydrogens is 256 g/mol. The maximum Gasteiger partial charge on any atom is 0.119 e. The Balaban J connectivity index is 2.60. The number of hydrogen-bond acceptors (Lipinski definition) is 2. The van der Waals surface area contributed by atoms with Crippen molar-refractivity contribution in [2.45, 2.75) is 19.4 Å². The van der Waals surface area contributed by atoms with E-state index in [9.17, 15) is 5.11 Å². The molecule has 0 amide bonds. The Kier molecular flexibility index (Phi) is 4.85. The minimum Gasteiger partial charge on any atom is -0.488 e. The van der Waals surface area contributed by atoms with Gasteiger partial charge in [0.1, 0.15) is 12.4 Å². The first-order valence-electron chi connectivity index (χ1n) is 4.87. The largest absolute Gasteiger partial charge is 0.488 e. The Morgan fingerprint density at radius 1 is 1.47 bits per heavy atom. The van der Waals surface area contributed by atoms with Crippen LogP contribution in [0.2, 0.25) is 0 Å². The molecule has 1 aromatic carbocycles. The number of rotatable bonds is 5. The van der Waals surface area contributed by atoms with E-state index in [1.54, 1.807) is 0 Å². The van der Waals surface area contributed by atoms with Crippen LogP contribution in [0.25, 0.3) is 0 Å². The molecule has 0 aliphatic carbocycles. The summed E-state index contributed by atoms with van der Waals surface area (Å²) in [6.45, 7) is 6.08. The number of hydrogen-bond donors (Lipinski definition) is 1. The van der Waals surface area contributed by atoms with E-state index in [2.05, 4.69) is 22.5 Å². The zero-order valence-electron chi connectivity index (χ0n) is 8.74. The molecule has 1 aromatic rings. The molecule has 1 rings (SSSR count). The minimum absolute atomic E-state index is 0.384. The molecular formula is C12H15BrO2. The zero-order chi connectivity index (χ0) is 11.3. The van der Waals surface area contributed by atoms with E-state index in [4.69, 9.17) is 4.74 Å². The van der Waals surface area contributed by atoms with Crippen molar-refractivity contribution in [3.8, 4) is 5.75 Å². The molecule has 1 N–H and O–H groups in total. The highest BCUT2D eigenvalue weighted by Crippen LogP contribution is 2.20. The maximum atomic E-state index is 9.58. The van der Waals surface area contributed by atoms with Gasteiger partial charge in [0.25, 0.3) is 0 Å². The molecule has 0 radical (unpaired) electrons. The third kappa shape index (κ3) is 4.06. The summed E-state index contributed by atoms with van der Waals surface area (Å²) in [4.78, 5) is 0. The SMILES string of the molecule is C=C(Br)COc1ccc(C(O)CC)cc1. The zero-order valence-corrected chi connectivity index (χ0v) is 10.3. The lowest BCUT2D eigenvalue weighted by molar-refractivity contribution is 0.173. The van der Waals surface area contributed by atoms with Crippen molar-refractivity contribution in [3.63, 3.8) is 0 Å². The van der Waals surface area contributed by atoms with Crippen LogP contribution < -0.4 is 4.74 Å². The smallest absolute Gasteiger partial charge is 0.119 e. The minimum atomic E-state index is -0.384. The lowest BCUT2D eigenvalue weighted by Gasteiger charge is -2.09. The summed E-state index contributed by atoms with van der Waals surface area (Å²) in [5.74, 6) is 0.780. The van der Waals surface area contributed by atoms with Gasteiger partial charge in [-0.2, -0.15) is 0 Å². The summed E-state index contributed by atoms with van der Waals surface area (Å²) < 4.78 is 6.21. The van der Waals surface area contributed by atoms with Gasteiger partial charge in [-0.1, -0.05) is 41.6 Å². The molecule has 1 atom stereocenters. The van der Waals surface area contributed by atoms with Crippen molar-refractivity contribution in [2.75, 3.05) is 6.61 Å². The molecule has 0 aromatic heterocycles. The van der Waals surface area contributed by atoms with Crippen LogP contribution in [0.15, 0.2) is 35.3 Å². The molecule has 0 saturated carbocycles. The highest BCUT2D eigenvalue weighted by Gasteiger charge is 2.04. The maximum absolute atomic E-state index is 9.58. The number of benzene rings is 1. The number of aliphatic hydroxyl groups is 1.